The molecule has 5 rings (SSSR count). The maximum Gasteiger partial charge on any atom is 0.322 e. The lowest BCUT2D eigenvalue weighted by atomic mass is 9.89. The standard InChI is InChI=1S/C27H23ClN6O3/c28-20-5-3-18(4-6-20)25-24(26(33-32-25)19-10-13-34(14-11-19)23(36)16-35)22-9-12-30-27(31-22)37-21-7-1-17(15-29)2-8-21/h1-9,12,19,35H,10-11,13-14,16H2,(H,32,33). The summed E-state index contributed by atoms with van der Waals surface area (Å²) in [7, 11) is 0. The molecular weight excluding hydrogens is 492 g/mol. The van der Waals surface area contributed by atoms with Crippen molar-refractivity contribution < 1.29 is 14.6 Å². The molecule has 37 heavy (non-hydrogen) atoms. The second kappa shape index (κ2) is 10.8. The van der Waals surface area contributed by atoms with Gasteiger partial charge in [-0.3, -0.25) is 9.89 Å². The first-order valence-electron chi connectivity index (χ1n) is 11.8. The van der Waals surface area contributed by atoms with E-state index in [1.54, 1.807) is 35.4 Å². The molecule has 0 bridgehead atoms. The number of aliphatic hydroxyl groups excluding tert-OH is 1. The van der Waals surface area contributed by atoms with E-state index in [-0.39, 0.29) is 17.8 Å². The topological polar surface area (TPSA) is 128 Å². The summed E-state index contributed by atoms with van der Waals surface area (Å²) in [5, 5.41) is 26.7. The van der Waals surface area contributed by atoms with Crippen molar-refractivity contribution in [3.8, 4) is 40.3 Å². The SMILES string of the molecule is N#Cc1ccc(Oc2nccc(-c3c(-c4ccc(Cl)cc4)n[nH]c3C3CCN(C(=O)CO)CC3)n2)cc1. The summed E-state index contributed by atoms with van der Waals surface area (Å²) < 4.78 is 5.87. The Morgan fingerprint density at radius 1 is 1.14 bits per heavy atom. The predicted molar refractivity (Wildman–Crippen MR) is 137 cm³/mol. The third-order valence-corrected chi connectivity index (χ3v) is 6.64. The maximum absolute atomic E-state index is 11.9. The molecule has 0 atom stereocenters. The second-order valence-corrected chi connectivity index (χ2v) is 9.08. The van der Waals surface area contributed by atoms with Crippen LogP contribution < -0.4 is 4.74 Å². The van der Waals surface area contributed by atoms with Gasteiger partial charge in [-0.2, -0.15) is 15.3 Å². The van der Waals surface area contributed by atoms with Gasteiger partial charge in [-0.1, -0.05) is 23.7 Å². The van der Waals surface area contributed by atoms with Gasteiger partial charge in [0.25, 0.3) is 0 Å². The van der Waals surface area contributed by atoms with Crippen molar-refractivity contribution in [2.45, 2.75) is 18.8 Å². The van der Waals surface area contributed by atoms with Gasteiger partial charge >= 0.3 is 6.01 Å². The number of aliphatic hydroxyl groups is 1. The molecule has 2 aromatic heterocycles. The number of hydrogen-bond donors (Lipinski definition) is 2. The van der Waals surface area contributed by atoms with Crippen LogP contribution in [-0.2, 0) is 4.79 Å². The quantitative estimate of drug-likeness (QED) is 0.386. The van der Waals surface area contributed by atoms with Crippen LogP contribution in [0, 0.1) is 11.3 Å². The Morgan fingerprint density at radius 3 is 2.54 bits per heavy atom. The number of nitrogens with one attached hydrogen (secondary N) is 1. The number of carbonyl (C=O) groups excluding carboxylic acids is 1. The summed E-state index contributed by atoms with van der Waals surface area (Å²) in [6.45, 7) is 0.620. The van der Waals surface area contributed by atoms with Crippen molar-refractivity contribution in [1.82, 2.24) is 25.1 Å². The van der Waals surface area contributed by atoms with E-state index in [0.717, 1.165) is 35.4 Å². The third-order valence-electron chi connectivity index (χ3n) is 6.39. The minimum absolute atomic E-state index is 0.115. The van der Waals surface area contributed by atoms with Crippen molar-refractivity contribution in [2.75, 3.05) is 19.7 Å². The number of nitrogens with zero attached hydrogens (tertiary/aromatic N) is 5. The van der Waals surface area contributed by atoms with Gasteiger partial charge in [-0.25, -0.2) is 4.98 Å². The average Bonchev–Trinajstić information content (AvgIpc) is 3.39. The normalized spacial score (nSPS) is 13.8. The molecule has 0 spiro atoms. The fourth-order valence-corrected chi connectivity index (χ4v) is 4.60. The molecule has 3 heterocycles. The number of nitriles is 1. The van der Waals surface area contributed by atoms with E-state index in [9.17, 15) is 9.90 Å². The Balaban J connectivity index is 1.50. The summed E-state index contributed by atoms with van der Waals surface area (Å²) in [6, 6.07) is 18.2. The van der Waals surface area contributed by atoms with Crippen molar-refractivity contribution in [3.05, 3.63) is 77.1 Å². The van der Waals surface area contributed by atoms with Crippen molar-refractivity contribution >= 4 is 17.5 Å². The average molecular weight is 515 g/mol. The monoisotopic (exact) mass is 514 g/mol. The number of amides is 1. The van der Waals surface area contributed by atoms with Gasteiger partial charge in [0.15, 0.2) is 0 Å². The van der Waals surface area contributed by atoms with E-state index in [0.29, 0.717) is 35.1 Å². The molecule has 1 amide bonds. The highest BCUT2D eigenvalue weighted by atomic mass is 35.5. The van der Waals surface area contributed by atoms with E-state index < -0.39 is 6.61 Å². The van der Waals surface area contributed by atoms with Gasteiger partial charge in [0.2, 0.25) is 5.91 Å². The molecule has 1 saturated heterocycles. The molecule has 0 radical (unpaired) electrons. The zero-order valence-electron chi connectivity index (χ0n) is 19.8. The first-order valence-corrected chi connectivity index (χ1v) is 12.2. The fraction of sp³-hybridized carbons (Fsp3) is 0.222. The van der Waals surface area contributed by atoms with Gasteiger partial charge in [0.1, 0.15) is 18.1 Å². The van der Waals surface area contributed by atoms with Crippen LogP contribution in [0.2, 0.25) is 5.02 Å². The van der Waals surface area contributed by atoms with Crippen LogP contribution >= 0.6 is 11.6 Å². The largest absolute Gasteiger partial charge is 0.424 e. The summed E-state index contributed by atoms with van der Waals surface area (Å²) in [6.07, 6.45) is 3.08. The molecule has 1 aliphatic rings. The van der Waals surface area contributed by atoms with Crippen molar-refractivity contribution in [3.63, 3.8) is 0 Å². The number of carbonyl (C=O) groups is 1. The van der Waals surface area contributed by atoms with Crippen molar-refractivity contribution in [1.29, 1.82) is 5.26 Å². The number of aromatic nitrogens is 4. The third kappa shape index (κ3) is 5.31. The number of benzene rings is 2. The Hall–Kier alpha value is -4.26. The number of aromatic amines is 1. The van der Waals surface area contributed by atoms with E-state index in [1.807, 2.05) is 30.3 Å². The number of halogens is 1. The fourth-order valence-electron chi connectivity index (χ4n) is 4.48. The molecule has 1 fully saturated rings. The first kappa shape index (κ1) is 24.4. The predicted octanol–water partition coefficient (Wildman–Crippen LogP) is 4.55. The maximum atomic E-state index is 11.9. The lowest BCUT2D eigenvalue weighted by molar-refractivity contribution is -0.135. The first-order chi connectivity index (χ1) is 18.1. The number of H-pyrrole nitrogens is 1. The molecule has 0 unspecified atom stereocenters. The van der Waals surface area contributed by atoms with Crippen LogP contribution in [0.5, 0.6) is 11.8 Å². The van der Waals surface area contributed by atoms with Gasteiger partial charge in [-0.05, 0) is 55.3 Å². The molecule has 4 aromatic rings. The van der Waals surface area contributed by atoms with Gasteiger partial charge in [0, 0.05) is 47.0 Å². The number of ether oxygens (including phenoxy) is 1. The Kier molecular flexibility index (Phi) is 7.12. The highest BCUT2D eigenvalue weighted by Gasteiger charge is 2.29. The number of rotatable bonds is 6. The van der Waals surface area contributed by atoms with E-state index >= 15 is 0 Å². The summed E-state index contributed by atoms with van der Waals surface area (Å²) in [5.41, 5.74) is 4.53. The van der Waals surface area contributed by atoms with E-state index in [4.69, 9.17) is 21.6 Å². The van der Waals surface area contributed by atoms with Crippen molar-refractivity contribution in [2.24, 2.45) is 0 Å². The molecule has 1 aliphatic heterocycles. The summed E-state index contributed by atoms with van der Waals surface area (Å²) in [4.78, 5) is 22.6. The number of hydrogen-bond acceptors (Lipinski definition) is 7. The molecule has 0 saturated carbocycles. The smallest absolute Gasteiger partial charge is 0.322 e. The highest BCUT2D eigenvalue weighted by molar-refractivity contribution is 6.30. The van der Waals surface area contributed by atoms with Crippen LogP contribution in [0.25, 0.3) is 22.5 Å². The minimum Gasteiger partial charge on any atom is -0.424 e. The molecule has 9 nitrogen and oxygen atoms in total. The number of piperidine rings is 1. The minimum atomic E-state index is -0.482. The molecule has 2 N–H and O–H groups in total. The van der Waals surface area contributed by atoms with Crippen LogP contribution in [0.3, 0.4) is 0 Å². The zero-order chi connectivity index (χ0) is 25.8. The molecule has 186 valence electrons. The van der Waals surface area contributed by atoms with Crippen LogP contribution in [-0.4, -0.2) is 55.8 Å². The summed E-state index contributed by atoms with van der Waals surface area (Å²) in [5.74, 6) is 0.372. The van der Waals surface area contributed by atoms with Crippen LogP contribution in [0.4, 0.5) is 0 Å². The molecule has 0 aliphatic carbocycles. The zero-order valence-corrected chi connectivity index (χ0v) is 20.5. The number of likely N-dealkylation sites (tertiary alicyclic amines) is 1. The highest BCUT2D eigenvalue weighted by Crippen LogP contribution is 2.39. The lowest BCUT2D eigenvalue weighted by Crippen LogP contribution is -2.39. The lowest BCUT2D eigenvalue weighted by Gasteiger charge is -2.31. The van der Waals surface area contributed by atoms with Gasteiger partial charge in [0.05, 0.1) is 17.3 Å². The van der Waals surface area contributed by atoms with Gasteiger partial charge in [-0.15, -0.1) is 0 Å². The Morgan fingerprint density at radius 2 is 1.86 bits per heavy atom. The second-order valence-electron chi connectivity index (χ2n) is 8.64. The molecule has 10 heteroatoms. The van der Waals surface area contributed by atoms with Gasteiger partial charge < -0.3 is 14.7 Å². The van der Waals surface area contributed by atoms with Crippen LogP contribution in [0.15, 0.2) is 60.8 Å². The van der Waals surface area contributed by atoms with E-state index in [2.05, 4.69) is 26.2 Å². The van der Waals surface area contributed by atoms with E-state index in [1.165, 1.54) is 0 Å². The van der Waals surface area contributed by atoms with Crippen LogP contribution in [0.1, 0.15) is 30.0 Å². The molecular formula is C27H23ClN6O3. The molecule has 2 aromatic carbocycles. The Labute approximate surface area is 218 Å². The Bertz CT molecular complexity index is 1440. The summed E-state index contributed by atoms with van der Waals surface area (Å²) >= 11 is 6.12.